The molecule has 8 heteroatoms. The molecule has 0 N–H and O–H groups in total. The molecule has 0 spiro atoms. The topological polar surface area (TPSA) is 77.3 Å². The van der Waals surface area contributed by atoms with Crippen molar-refractivity contribution in [3.8, 4) is 0 Å². The van der Waals surface area contributed by atoms with Crippen LogP contribution in [-0.2, 0) is 27.4 Å². The summed E-state index contributed by atoms with van der Waals surface area (Å²) in [6, 6.07) is 7.46. The SMILES string of the molecule is Cc1ccc(CS(=O)(=O)c2nnc(N3CCOCC3)n2C)cc1. The quantitative estimate of drug-likeness (QED) is 0.827. The molecular weight excluding hydrogens is 316 g/mol. The Labute approximate surface area is 135 Å². The fourth-order valence-electron chi connectivity index (χ4n) is 2.59. The molecule has 124 valence electrons. The molecule has 1 aliphatic heterocycles. The molecule has 1 aliphatic rings. The number of anilines is 1. The minimum absolute atomic E-state index is 0.000401. The molecule has 0 amide bonds. The summed E-state index contributed by atoms with van der Waals surface area (Å²) in [6.45, 7) is 4.56. The van der Waals surface area contributed by atoms with E-state index in [1.807, 2.05) is 36.1 Å². The van der Waals surface area contributed by atoms with E-state index in [-0.39, 0.29) is 10.9 Å². The largest absolute Gasteiger partial charge is 0.378 e. The predicted molar refractivity (Wildman–Crippen MR) is 86.1 cm³/mol. The molecule has 0 atom stereocenters. The Balaban J connectivity index is 1.85. The van der Waals surface area contributed by atoms with Crippen molar-refractivity contribution in [2.24, 2.45) is 7.05 Å². The fraction of sp³-hybridized carbons (Fsp3) is 0.467. The van der Waals surface area contributed by atoms with Crippen LogP contribution in [0.5, 0.6) is 0 Å². The predicted octanol–water partition coefficient (Wildman–Crippen LogP) is 0.934. The molecule has 0 saturated carbocycles. The van der Waals surface area contributed by atoms with Gasteiger partial charge in [0.25, 0.3) is 5.16 Å². The van der Waals surface area contributed by atoms with E-state index in [1.165, 1.54) is 0 Å². The van der Waals surface area contributed by atoms with Crippen LogP contribution in [0.25, 0.3) is 0 Å². The highest BCUT2D eigenvalue weighted by atomic mass is 32.2. The lowest BCUT2D eigenvalue weighted by Gasteiger charge is -2.27. The first-order valence-electron chi connectivity index (χ1n) is 7.48. The van der Waals surface area contributed by atoms with Crippen LogP contribution in [0.15, 0.2) is 29.4 Å². The van der Waals surface area contributed by atoms with Gasteiger partial charge in [0, 0.05) is 20.1 Å². The van der Waals surface area contributed by atoms with E-state index >= 15 is 0 Å². The number of ether oxygens (including phenoxy) is 1. The van der Waals surface area contributed by atoms with Gasteiger partial charge in [0.2, 0.25) is 15.8 Å². The van der Waals surface area contributed by atoms with Crippen molar-refractivity contribution >= 4 is 15.8 Å². The van der Waals surface area contributed by atoms with Crippen molar-refractivity contribution in [1.29, 1.82) is 0 Å². The zero-order valence-electron chi connectivity index (χ0n) is 13.3. The fourth-order valence-corrected chi connectivity index (χ4v) is 4.01. The van der Waals surface area contributed by atoms with Gasteiger partial charge >= 0.3 is 0 Å². The monoisotopic (exact) mass is 336 g/mol. The van der Waals surface area contributed by atoms with Crippen LogP contribution in [0.4, 0.5) is 5.95 Å². The van der Waals surface area contributed by atoms with E-state index < -0.39 is 9.84 Å². The standard InChI is InChI=1S/C15H20N4O3S/c1-12-3-5-13(6-4-12)11-23(20,21)15-17-16-14(18(15)2)19-7-9-22-10-8-19/h3-6H,7-11H2,1-2H3. The van der Waals surface area contributed by atoms with Gasteiger partial charge in [-0.15, -0.1) is 10.2 Å². The van der Waals surface area contributed by atoms with Crippen molar-refractivity contribution in [3.05, 3.63) is 35.4 Å². The molecule has 0 bridgehead atoms. The number of sulfone groups is 1. The maximum absolute atomic E-state index is 12.6. The van der Waals surface area contributed by atoms with E-state index in [0.29, 0.717) is 32.3 Å². The molecule has 0 aliphatic carbocycles. The number of hydrogen-bond donors (Lipinski definition) is 0. The number of aryl methyl sites for hydroxylation is 1. The van der Waals surface area contributed by atoms with Crippen molar-refractivity contribution in [1.82, 2.24) is 14.8 Å². The molecule has 1 saturated heterocycles. The number of hydrogen-bond acceptors (Lipinski definition) is 6. The molecule has 1 aromatic heterocycles. The Hall–Kier alpha value is -1.93. The molecule has 2 aromatic rings. The summed E-state index contributed by atoms with van der Waals surface area (Å²) in [5, 5.41) is 7.98. The molecule has 0 radical (unpaired) electrons. The highest BCUT2D eigenvalue weighted by molar-refractivity contribution is 7.90. The van der Waals surface area contributed by atoms with E-state index in [0.717, 1.165) is 11.1 Å². The molecule has 0 unspecified atom stereocenters. The van der Waals surface area contributed by atoms with Crippen molar-refractivity contribution in [2.75, 3.05) is 31.2 Å². The minimum atomic E-state index is -3.54. The third-order valence-corrected chi connectivity index (χ3v) is 5.49. The van der Waals surface area contributed by atoms with Gasteiger partial charge < -0.3 is 9.64 Å². The molecule has 1 aromatic carbocycles. The summed E-state index contributed by atoms with van der Waals surface area (Å²) >= 11 is 0. The number of morpholine rings is 1. The smallest absolute Gasteiger partial charge is 0.251 e. The zero-order chi connectivity index (χ0) is 16.4. The normalized spacial score (nSPS) is 15.8. The first kappa shape index (κ1) is 15.9. The van der Waals surface area contributed by atoms with Crippen molar-refractivity contribution in [2.45, 2.75) is 17.8 Å². The van der Waals surface area contributed by atoms with Crippen LogP contribution in [0.1, 0.15) is 11.1 Å². The molecule has 7 nitrogen and oxygen atoms in total. The average Bonchev–Trinajstić information content (AvgIpc) is 2.93. The average molecular weight is 336 g/mol. The Morgan fingerprint density at radius 3 is 2.43 bits per heavy atom. The lowest BCUT2D eigenvalue weighted by molar-refractivity contribution is 0.121. The third-order valence-electron chi connectivity index (χ3n) is 3.86. The molecular formula is C15H20N4O3S. The Morgan fingerprint density at radius 1 is 1.13 bits per heavy atom. The first-order chi connectivity index (χ1) is 11.0. The molecule has 1 fully saturated rings. The number of aromatic nitrogens is 3. The van der Waals surface area contributed by atoms with Crippen LogP contribution in [-0.4, -0.2) is 49.5 Å². The van der Waals surface area contributed by atoms with Gasteiger partial charge in [-0.25, -0.2) is 8.42 Å². The van der Waals surface area contributed by atoms with Gasteiger partial charge in [-0.05, 0) is 12.5 Å². The summed E-state index contributed by atoms with van der Waals surface area (Å²) in [5.74, 6) is 0.485. The van der Waals surface area contributed by atoms with Gasteiger partial charge in [-0.3, -0.25) is 4.57 Å². The lowest BCUT2D eigenvalue weighted by Crippen LogP contribution is -2.37. The Kier molecular flexibility index (Phi) is 4.36. The highest BCUT2D eigenvalue weighted by Gasteiger charge is 2.26. The van der Waals surface area contributed by atoms with Gasteiger partial charge in [0.1, 0.15) is 0 Å². The van der Waals surface area contributed by atoms with Gasteiger partial charge in [0.15, 0.2) is 0 Å². The van der Waals surface area contributed by atoms with Crippen LogP contribution >= 0.6 is 0 Å². The van der Waals surface area contributed by atoms with Crippen LogP contribution < -0.4 is 4.90 Å². The summed E-state index contributed by atoms with van der Waals surface area (Å²) in [7, 11) is -1.86. The van der Waals surface area contributed by atoms with E-state index in [9.17, 15) is 8.42 Å². The second-order valence-electron chi connectivity index (χ2n) is 5.69. The Bertz CT molecular complexity index is 778. The minimum Gasteiger partial charge on any atom is -0.378 e. The van der Waals surface area contributed by atoms with E-state index in [1.54, 1.807) is 11.6 Å². The molecule has 3 rings (SSSR count). The first-order valence-corrected chi connectivity index (χ1v) is 9.13. The summed E-state index contributed by atoms with van der Waals surface area (Å²) in [5.41, 5.74) is 1.84. The van der Waals surface area contributed by atoms with Crippen LogP contribution in [0.2, 0.25) is 0 Å². The highest BCUT2D eigenvalue weighted by Crippen LogP contribution is 2.20. The second kappa shape index (κ2) is 6.29. The van der Waals surface area contributed by atoms with Crippen molar-refractivity contribution in [3.63, 3.8) is 0 Å². The maximum Gasteiger partial charge on any atom is 0.251 e. The lowest BCUT2D eigenvalue weighted by atomic mass is 10.2. The van der Waals surface area contributed by atoms with Crippen LogP contribution in [0, 0.1) is 6.92 Å². The summed E-state index contributed by atoms with van der Waals surface area (Å²) < 4.78 is 32.1. The van der Waals surface area contributed by atoms with Crippen LogP contribution in [0.3, 0.4) is 0 Å². The van der Waals surface area contributed by atoms with Gasteiger partial charge in [-0.2, -0.15) is 0 Å². The number of benzene rings is 1. The van der Waals surface area contributed by atoms with E-state index in [4.69, 9.17) is 4.74 Å². The van der Waals surface area contributed by atoms with Crippen molar-refractivity contribution < 1.29 is 13.2 Å². The number of rotatable bonds is 4. The number of nitrogens with zero attached hydrogens (tertiary/aromatic N) is 4. The summed E-state index contributed by atoms with van der Waals surface area (Å²) in [6.07, 6.45) is 0. The van der Waals surface area contributed by atoms with Gasteiger partial charge in [-0.1, -0.05) is 29.8 Å². The summed E-state index contributed by atoms with van der Waals surface area (Å²) in [4.78, 5) is 1.99. The second-order valence-corrected chi connectivity index (χ2v) is 7.57. The van der Waals surface area contributed by atoms with E-state index in [2.05, 4.69) is 10.2 Å². The van der Waals surface area contributed by atoms with Gasteiger partial charge in [0.05, 0.1) is 19.0 Å². The molecule has 23 heavy (non-hydrogen) atoms. The Morgan fingerprint density at radius 2 is 1.78 bits per heavy atom. The third kappa shape index (κ3) is 3.37. The maximum atomic E-state index is 12.6. The zero-order valence-corrected chi connectivity index (χ0v) is 14.1. The molecule has 2 heterocycles.